The highest BCUT2D eigenvalue weighted by atomic mass is 16.5. The fraction of sp³-hybridized carbons (Fsp3) is 0.333. The second-order valence-corrected chi connectivity index (χ2v) is 5.55. The van der Waals surface area contributed by atoms with Gasteiger partial charge in [-0.2, -0.15) is 5.10 Å². The zero-order valence-electron chi connectivity index (χ0n) is 13.6. The molecule has 0 aliphatic rings. The highest BCUT2D eigenvalue weighted by Crippen LogP contribution is 2.25. The molecule has 22 heavy (non-hydrogen) atoms. The van der Waals surface area contributed by atoms with Crippen LogP contribution in [0.5, 0.6) is 5.75 Å². The number of aryl methyl sites for hydroxylation is 1. The number of carbonyl (C=O) groups is 1. The van der Waals surface area contributed by atoms with E-state index in [1.54, 1.807) is 18.2 Å². The van der Waals surface area contributed by atoms with Gasteiger partial charge in [0, 0.05) is 5.69 Å². The van der Waals surface area contributed by atoms with Gasteiger partial charge in [-0.25, -0.2) is 4.68 Å². The molecule has 0 saturated heterocycles. The SMILES string of the molecule is C=CCOc1ccccc1C(=O)n1nc(C)c(C(C)C)c1C. The van der Waals surface area contributed by atoms with Crippen LogP contribution in [0.3, 0.4) is 0 Å². The summed E-state index contributed by atoms with van der Waals surface area (Å²) in [6, 6.07) is 7.21. The molecule has 0 aliphatic heterocycles. The lowest BCUT2D eigenvalue weighted by molar-refractivity contribution is 0.0938. The largest absolute Gasteiger partial charge is 0.489 e. The van der Waals surface area contributed by atoms with Crippen LogP contribution in [0.15, 0.2) is 36.9 Å². The van der Waals surface area contributed by atoms with Crippen molar-refractivity contribution in [3.05, 3.63) is 59.4 Å². The number of hydrogen-bond acceptors (Lipinski definition) is 3. The summed E-state index contributed by atoms with van der Waals surface area (Å²) in [4.78, 5) is 12.8. The highest BCUT2D eigenvalue weighted by molar-refractivity contribution is 5.98. The summed E-state index contributed by atoms with van der Waals surface area (Å²) in [6.07, 6.45) is 1.65. The summed E-state index contributed by atoms with van der Waals surface area (Å²) in [5, 5.41) is 4.42. The minimum atomic E-state index is -0.174. The van der Waals surface area contributed by atoms with Crippen LogP contribution in [0, 0.1) is 13.8 Å². The summed E-state index contributed by atoms with van der Waals surface area (Å²) in [5.41, 5.74) is 3.41. The van der Waals surface area contributed by atoms with Gasteiger partial charge in [-0.1, -0.05) is 38.6 Å². The number of rotatable bonds is 5. The Morgan fingerprint density at radius 1 is 1.36 bits per heavy atom. The van der Waals surface area contributed by atoms with E-state index in [4.69, 9.17) is 4.74 Å². The molecule has 0 amide bonds. The van der Waals surface area contributed by atoms with Gasteiger partial charge < -0.3 is 4.74 Å². The van der Waals surface area contributed by atoms with Crippen molar-refractivity contribution in [1.29, 1.82) is 0 Å². The van der Waals surface area contributed by atoms with Gasteiger partial charge in [-0.05, 0) is 37.5 Å². The van der Waals surface area contributed by atoms with E-state index in [0.717, 1.165) is 17.0 Å². The van der Waals surface area contributed by atoms with Crippen LogP contribution < -0.4 is 4.74 Å². The molecular weight excluding hydrogens is 276 g/mol. The van der Waals surface area contributed by atoms with E-state index in [1.165, 1.54) is 4.68 Å². The smallest absolute Gasteiger partial charge is 0.282 e. The van der Waals surface area contributed by atoms with E-state index in [2.05, 4.69) is 25.5 Å². The number of hydrogen-bond donors (Lipinski definition) is 0. The van der Waals surface area contributed by atoms with Gasteiger partial charge >= 0.3 is 0 Å². The van der Waals surface area contributed by atoms with Gasteiger partial charge in [-0.3, -0.25) is 4.79 Å². The maximum absolute atomic E-state index is 12.8. The number of para-hydroxylation sites is 1. The Labute approximate surface area is 131 Å². The molecule has 1 aromatic carbocycles. The zero-order valence-corrected chi connectivity index (χ0v) is 13.6. The van der Waals surface area contributed by atoms with Crippen molar-refractivity contribution in [3.8, 4) is 5.75 Å². The van der Waals surface area contributed by atoms with Gasteiger partial charge in [0.1, 0.15) is 12.4 Å². The van der Waals surface area contributed by atoms with Crippen molar-refractivity contribution in [1.82, 2.24) is 9.78 Å². The van der Waals surface area contributed by atoms with E-state index in [-0.39, 0.29) is 5.91 Å². The van der Waals surface area contributed by atoms with E-state index in [1.807, 2.05) is 26.0 Å². The first-order valence-corrected chi connectivity index (χ1v) is 7.40. The summed E-state index contributed by atoms with van der Waals surface area (Å²) in [6.45, 7) is 12.1. The predicted octanol–water partition coefficient (Wildman–Crippen LogP) is 3.88. The normalized spacial score (nSPS) is 10.8. The molecule has 0 saturated carbocycles. The average molecular weight is 298 g/mol. The van der Waals surface area contributed by atoms with Crippen molar-refractivity contribution in [3.63, 3.8) is 0 Å². The fourth-order valence-corrected chi connectivity index (χ4v) is 2.72. The summed E-state index contributed by atoms with van der Waals surface area (Å²) >= 11 is 0. The molecule has 0 N–H and O–H groups in total. The number of aromatic nitrogens is 2. The Morgan fingerprint density at radius 2 is 2.05 bits per heavy atom. The maximum atomic E-state index is 12.8. The van der Waals surface area contributed by atoms with Crippen LogP contribution >= 0.6 is 0 Å². The average Bonchev–Trinajstić information content (AvgIpc) is 2.79. The van der Waals surface area contributed by atoms with Crippen LogP contribution in [0.1, 0.15) is 47.1 Å². The third-order valence-electron chi connectivity index (χ3n) is 3.59. The van der Waals surface area contributed by atoms with Crippen LogP contribution in [0.25, 0.3) is 0 Å². The summed E-state index contributed by atoms with van der Waals surface area (Å²) in [7, 11) is 0. The van der Waals surface area contributed by atoms with Crippen LogP contribution in [-0.4, -0.2) is 22.3 Å². The first-order chi connectivity index (χ1) is 10.5. The topological polar surface area (TPSA) is 44.1 Å². The van der Waals surface area contributed by atoms with Crippen LogP contribution in [0.2, 0.25) is 0 Å². The van der Waals surface area contributed by atoms with Crippen LogP contribution in [0.4, 0.5) is 0 Å². The lowest BCUT2D eigenvalue weighted by atomic mass is 10.0. The first kappa shape index (κ1) is 16.0. The number of benzene rings is 1. The number of nitrogens with zero attached hydrogens (tertiary/aromatic N) is 2. The molecule has 0 spiro atoms. The second kappa shape index (κ2) is 6.60. The summed E-state index contributed by atoms with van der Waals surface area (Å²) in [5.74, 6) is 0.701. The molecule has 4 heteroatoms. The molecule has 1 heterocycles. The Bertz CT molecular complexity index is 699. The van der Waals surface area contributed by atoms with Gasteiger partial charge in [0.2, 0.25) is 0 Å². The Morgan fingerprint density at radius 3 is 2.64 bits per heavy atom. The standard InChI is InChI=1S/C18H22N2O2/c1-6-11-22-16-10-8-7-9-15(16)18(21)20-14(5)17(12(2)3)13(4)19-20/h6-10,12H,1,11H2,2-5H3. The zero-order chi connectivity index (χ0) is 16.3. The minimum absolute atomic E-state index is 0.174. The van der Waals surface area contributed by atoms with Crippen LogP contribution in [-0.2, 0) is 0 Å². The number of ether oxygens (including phenoxy) is 1. The molecule has 2 rings (SSSR count). The fourth-order valence-electron chi connectivity index (χ4n) is 2.72. The molecule has 2 aromatic rings. The molecule has 4 nitrogen and oxygen atoms in total. The van der Waals surface area contributed by atoms with Crippen molar-refractivity contribution in [2.75, 3.05) is 6.61 Å². The first-order valence-electron chi connectivity index (χ1n) is 7.40. The van der Waals surface area contributed by atoms with Gasteiger partial charge in [0.15, 0.2) is 0 Å². The molecule has 0 bridgehead atoms. The van der Waals surface area contributed by atoms with Crippen molar-refractivity contribution in [2.45, 2.75) is 33.6 Å². The Hall–Kier alpha value is -2.36. The second-order valence-electron chi connectivity index (χ2n) is 5.55. The van der Waals surface area contributed by atoms with E-state index < -0.39 is 0 Å². The minimum Gasteiger partial charge on any atom is -0.489 e. The molecule has 1 aromatic heterocycles. The quantitative estimate of drug-likeness (QED) is 0.787. The molecule has 0 fully saturated rings. The third-order valence-corrected chi connectivity index (χ3v) is 3.59. The maximum Gasteiger partial charge on any atom is 0.282 e. The van der Waals surface area contributed by atoms with E-state index in [9.17, 15) is 4.79 Å². The molecule has 0 radical (unpaired) electrons. The molecule has 0 unspecified atom stereocenters. The van der Waals surface area contributed by atoms with E-state index in [0.29, 0.717) is 23.8 Å². The van der Waals surface area contributed by atoms with Crippen molar-refractivity contribution in [2.24, 2.45) is 0 Å². The van der Waals surface area contributed by atoms with Crippen molar-refractivity contribution >= 4 is 5.91 Å². The van der Waals surface area contributed by atoms with Gasteiger partial charge in [0.05, 0.1) is 11.3 Å². The van der Waals surface area contributed by atoms with Gasteiger partial charge in [0.25, 0.3) is 5.91 Å². The lowest BCUT2D eigenvalue weighted by Gasteiger charge is -2.10. The molecular formula is C18H22N2O2. The van der Waals surface area contributed by atoms with Crippen molar-refractivity contribution < 1.29 is 9.53 Å². The molecule has 0 atom stereocenters. The Kier molecular flexibility index (Phi) is 4.81. The Balaban J connectivity index is 2.45. The predicted molar refractivity (Wildman–Crippen MR) is 87.7 cm³/mol. The third kappa shape index (κ3) is 2.96. The number of carbonyl (C=O) groups excluding carboxylic acids is 1. The molecule has 116 valence electrons. The highest BCUT2D eigenvalue weighted by Gasteiger charge is 2.21. The monoisotopic (exact) mass is 298 g/mol. The van der Waals surface area contributed by atoms with E-state index >= 15 is 0 Å². The lowest BCUT2D eigenvalue weighted by Crippen LogP contribution is -2.17. The summed E-state index contributed by atoms with van der Waals surface area (Å²) < 4.78 is 7.05. The molecule has 0 aliphatic carbocycles. The van der Waals surface area contributed by atoms with Gasteiger partial charge in [-0.15, -0.1) is 0 Å².